The first-order valence-corrected chi connectivity index (χ1v) is 8.54. The van der Waals surface area contributed by atoms with Gasteiger partial charge in [0.15, 0.2) is 0 Å². The van der Waals surface area contributed by atoms with Crippen molar-refractivity contribution < 1.29 is 9.84 Å². The molecule has 1 aromatic carbocycles. The van der Waals surface area contributed by atoms with Crippen LogP contribution >= 0.6 is 15.9 Å². The van der Waals surface area contributed by atoms with E-state index in [0.29, 0.717) is 0 Å². The fourth-order valence-electron chi connectivity index (χ4n) is 2.22. The lowest BCUT2D eigenvalue weighted by atomic mass is 10.1. The number of halogens is 1. The number of aliphatic hydroxyl groups is 1. The number of hydrogen-bond acceptors (Lipinski definition) is 2. The van der Waals surface area contributed by atoms with E-state index in [1.807, 2.05) is 18.2 Å². The van der Waals surface area contributed by atoms with Gasteiger partial charge in [0, 0.05) is 10.0 Å². The fraction of sp³-hybridized carbons (Fsp3) is 0.647. The van der Waals surface area contributed by atoms with Gasteiger partial charge in [-0.1, -0.05) is 67.4 Å². The van der Waals surface area contributed by atoms with Gasteiger partial charge in [-0.3, -0.25) is 0 Å². The number of unbranched alkanes of at least 4 members (excludes halogenated alkanes) is 6. The Kier molecular flexibility index (Phi) is 8.95. The summed E-state index contributed by atoms with van der Waals surface area (Å²) in [4.78, 5) is 0. The maximum atomic E-state index is 9.72. The summed E-state index contributed by atoms with van der Waals surface area (Å²) in [7, 11) is 0. The lowest BCUT2D eigenvalue weighted by Gasteiger charge is -2.14. The Morgan fingerprint density at radius 2 is 1.75 bits per heavy atom. The third-order valence-corrected chi connectivity index (χ3v) is 3.92. The highest BCUT2D eigenvalue weighted by Crippen LogP contribution is 2.28. The van der Waals surface area contributed by atoms with Crippen LogP contribution in [0, 0.1) is 0 Å². The molecule has 1 rings (SSSR count). The van der Waals surface area contributed by atoms with Gasteiger partial charge in [-0.15, -0.1) is 0 Å². The van der Waals surface area contributed by atoms with E-state index in [2.05, 4.69) is 22.9 Å². The normalized spacial score (nSPS) is 12.4. The highest BCUT2D eigenvalue weighted by Gasteiger charge is 2.09. The van der Waals surface area contributed by atoms with Crippen molar-refractivity contribution in [3.05, 3.63) is 28.2 Å². The van der Waals surface area contributed by atoms with E-state index in [4.69, 9.17) is 4.74 Å². The van der Waals surface area contributed by atoms with E-state index < -0.39 is 6.10 Å². The first-order valence-electron chi connectivity index (χ1n) is 7.75. The van der Waals surface area contributed by atoms with E-state index >= 15 is 0 Å². The molecule has 0 aliphatic heterocycles. The predicted octanol–water partition coefficient (Wildman–Crippen LogP) is 5.63. The summed E-state index contributed by atoms with van der Waals surface area (Å²) in [6.07, 6.45) is 8.45. The van der Waals surface area contributed by atoms with Gasteiger partial charge in [-0.05, 0) is 25.5 Å². The summed E-state index contributed by atoms with van der Waals surface area (Å²) in [5, 5.41) is 9.72. The van der Waals surface area contributed by atoms with E-state index in [9.17, 15) is 5.11 Å². The number of rotatable bonds is 10. The van der Waals surface area contributed by atoms with Gasteiger partial charge in [-0.2, -0.15) is 0 Å². The highest BCUT2D eigenvalue weighted by molar-refractivity contribution is 9.10. The van der Waals surface area contributed by atoms with Crippen LogP contribution in [-0.4, -0.2) is 11.7 Å². The zero-order chi connectivity index (χ0) is 14.8. The molecule has 0 radical (unpaired) electrons. The third kappa shape index (κ3) is 6.76. The van der Waals surface area contributed by atoms with Gasteiger partial charge in [0.2, 0.25) is 0 Å². The molecule has 1 aromatic rings. The Bertz CT molecular complexity index is 377. The smallest absolute Gasteiger partial charge is 0.126 e. The zero-order valence-electron chi connectivity index (χ0n) is 12.7. The van der Waals surface area contributed by atoms with Gasteiger partial charge in [0.25, 0.3) is 0 Å². The Balaban J connectivity index is 2.26. The van der Waals surface area contributed by atoms with Crippen LogP contribution < -0.4 is 4.74 Å². The Morgan fingerprint density at radius 3 is 2.40 bits per heavy atom. The molecule has 114 valence electrons. The molecule has 20 heavy (non-hydrogen) atoms. The molecule has 0 fully saturated rings. The molecule has 0 spiro atoms. The summed E-state index contributed by atoms with van der Waals surface area (Å²) in [5.74, 6) is 0.792. The van der Waals surface area contributed by atoms with Crippen LogP contribution in [0.15, 0.2) is 22.7 Å². The van der Waals surface area contributed by atoms with Crippen molar-refractivity contribution in [2.75, 3.05) is 6.61 Å². The molecule has 0 aliphatic rings. The van der Waals surface area contributed by atoms with Crippen molar-refractivity contribution in [1.29, 1.82) is 0 Å². The maximum absolute atomic E-state index is 9.72. The number of benzene rings is 1. The molecule has 0 saturated heterocycles. The maximum Gasteiger partial charge on any atom is 0.126 e. The number of aliphatic hydroxyl groups excluding tert-OH is 1. The minimum Gasteiger partial charge on any atom is -0.493 e. The van der Waals surface area contributed by atoms with Gasteiger partial charge >= 0.3 is 0 Å². The van der Waals surface area contributed by atoms with E-state index in [1.54, 1.807) is 6.92 Å². The van der Waals surface area contributed by atoms with Crippen LogP contribution in [0.4, 0.5) is 0 Å². The van der Waals surface area contributed by atoms with Crippen molar-refractivity contribution >= 4 is 15.9 Å². The Hall–Kier alpha value is -0.540. The van der Waals surface area contributed by atoms with Gasteiger partial charge in [0.05, 0.1) is 12.7 Å². The zero-order valence-corrected chi connectivity index (χ0v) is 14.3. The topological polar surface area (TPSA) is 29.5 Å². The second kappa shape index (κ2) is 10.2. The summed E-state index contributed by atoms with van der Waals surface area (Å²) < 4.78 is 6.80. The van der Waals surface area contributed by atoms with Gasteiger partial charge < -0.3 is 9.84 Å². The minimum atomic E-state index is -0.493. The molecule has 0 heterocycles. The SMILES string of the molecule is CCCCCCCCCOc1cc(Br)ccc1[C@H](C)O. The first-order chi connectivity index (χ1) is 9.65. The van der Waals surface area contributed by atoms with Gasteiger partial charge in [0.1, 0.15) is 5.75 Å². The molecule has 0 aromatic heterocycles. The van der Waals surface area contributed by atoms with Crippen LogP contribution in [0.5, 0.6) is 5.75 Å². The molecule has 0 aliphatic carbocycles. The van der Waals surface area contributed by atoms with E-state index in [1.165, 1.54) is 38.5 Å². The standard InChI is InChI=1S/C17H27BrO2/c1-3-4-5-6-7-8-9-12-20-17-13-15(18)10-11-16(17)14(2)19/h10-11,13-14,19H,3-9,12H2,1-2H3/t14-/m0/s1. The summed E-state index contributed by atoms with van der Waals surface area (Å²) in [6, 6.07) is 5.78. The lowest BCUT2D eigenvalue weighted by molar-refractivity contribution is 0.190. The second-order valence-electron chi connectivity index (χ2n) is 5.33. The first kappa shape index (κ1) is 17.5. The molecule has 0 saturated carbocycles. The Labute approximate surface area is 131 Å². The third-order valence-electron chi connectivity index (χ3n) is 3.43. The molecule has 1 atom stereocenters. The van der Waals surface area contributed by atoms with Crippen LogP contribution in [0.3, 0.4) is 0 Å². The number of hydrogen-bond donors (Lipinski definition) is 1. The quantitative estimate of drug-likeness (QED) is 0.558. The minimum absolute atomic E-state index is 0.493. The van der Waals surface area contributed by atoms with Crippen LogP contribution in [0.25, 0.3) is 0 Å². The molecular weight excluding hydrogens is 316 g/mol. The highest BCUT2D eigenvalue weighted by atomic mass is 79.9. The molecule has 0 bridgehead atoms. The van der Waals surface area contributed by atoms with E-state index in [-0.39, 0.29) is 0 Å². The predicted molar refractivity (Wildman–Crippen MR) is 88.3 cm³/mol. The van der Waals surface area contributed by atoms with Crippen molar-refractivity contribution in [3.8, 4) is 5.75 Å². The fourth-order valence-corrected chi connectivity index (χ4v) is 2.56. The van der Waals surface area contributed by atoms with Crippen molar-refractivity contribution in [1.82, 2.24) is 0 Å². The van der Waals surface area contributed by atoms with E-state index in [0.717, 1.165) is 28.8 Å². The lowest BCUT2D eigenvalue weighted by Crippen LogP contribution is -2.02. The van der Waals surface area contributed by atoms with Crippen LogP contribution in [0.1, 0.15) is 70.5 Å². The monoisotopic (exact) mass is 342 g/mol. The van der Waals surface area contributed by atoms with Crippen molar-refractivity contribution in [2.24, 2.45) is 0 Å². The molecule has 3 heteroatoms. The van der Waals surface area contributed by atoms with Gasteiger partial charge in [-0.25, -0.2) is 0 Å². The summed E-state index contributed by atoms with van der Waals surface area (Å²) >= 11 is 3.44. The molecular formula is C17H27BrO2. The molecule has 0 amide bonds. The largest absolute Gasteiger partial charge is 0.493 e. The molecule has 2 nitrogen and oxygen atoms in total. The van der Waals surface area contributed by atoms with Crippen LogP contribution in [0.2, 0.25) is 0 Å². The van der Waals surface area contributed by atoms with Crippen molar-refractivity contribution in [3.63, 3.8) is 0 Å². The average molecular weight is 343 g/mol. The Morgan fingerprint density at radius 1 is 1.10 bits per heavy atom. The summed E-state index contributed by atoms with van der Waals surface area (Å²) in [5.41, 5.74) is 0.858. The summed E-state index contributed by atoms with van der Waals surface area (Å²) in [6.45, 7) is 4.74. The number of ether oxygens (including phenoxy) is 1. The van der Waals surface area contributed by atoms with Crippen molar-refractivity contribution in [2.45, 2.75) is 64.9 Å². The second-order valence-corrected chi connectivity index (χ2v) is 6.24. The molecule has 0 unspecified atom stereocenters. The average Bonchev–Trinajstić information content (AvgIpc) is 2.41. The molecule has 1 N–H and O–H groups in total. The van der Waals surface area contributed by atoms with Crippen LogP contribution in [-0.2, 0) is 0 Å².